The van der Waals surface area contributed by atoms with Crippen LogP contribution in [-0.4, -0.2) is 35.9 Å². The summed E-state index contributed by atoms with van der Waals surface area (Å²) in [6.07, 6.45) is 8.60. The zero-order valence-electron chi connectivity index (χ0n) is 11.6. The van der Waals surface area contributed by atoms with Crippen LogP contribution in [0, 0.1) is 5.92 Å². The summed E-state index contributed by atoms with van der Waals surface area (Å²) in [6, 6.07) is 0.475. The van der Waals surface area contributed by atoms with E-state index < -0.39 is 0 Å². The molecule has 0 bridgehead atoms. The third-order valence-corrected chi connectivity index (χ3v) is 3.80. The Kier molecular flexibility index (Phi) is 5.20. The summed E-state index contributed by atoms with van der Waals surface area (Å²) in [5, 5.41) is 3.45. The van der Waals surface area contributed by atoms with E-state index in [0.717, 1.165) is 32.6 Å². The van der Waals surface area contributed by atoms with E-state index in [1.165, 1.54) is 18.7 Å². The smallest absolute Gasteiger partial charge is 0.110 e. The van der Waals surface area contributed by atoms with Crippen molar-refractivity contribution in [3.05, 3.63) is 18.2 Å². The summed E-state index contributed by atoms with van der Waals surface area (Å²) in [5.41, 5.74) is 0. The molecule has 2 rings (SSSR count). The number of aromatic nitrogens is 2. The second kappa shape index (κ2) is 6.90. The summed E-state index contributed by atoms with van der Waals surface area (Å²) < 4.78 is 7.87. The fourth-order valence-electron chi connectivity index (χ4n) is 2.76. The van der Waals surface area contributed by atoms with E-state index in [2.05, 4.69) is 28.0 Å². The van der Waals surface area contributed by atoms with Gasteiger partial charge in [0.2, 0.25) is 0 Å². The molecule has 0 aliphatic carbocycles. The minimum absolute atomic E-state index is 0.475. The normalized spacial score (nSPS) is 22.0. The summed E-state index contributed by atoms with van der Waals surface area (Å²) in [4.78, 5) is 4.50. The number of likely N-dealkylation sites (N-methyl/N-ethyl adjacent to an activating group) is 1. The molecule has 4 heteroatoms. The number of nitrogens with one attached hydrogen (secondary N) is 1. The topological polar surface area (TPSA) is 39.1 Å². The second-order valence-electron chi connectivity index (χ2n) is 5.11. The molecule has 2 unspecified atom stereocenters. The first-order valence-corrected chi connectivity index (χ1v) is 7.10. The van der Waals surface area contributed by atoms with Crippen LogP contribution in [0.1, 0.15) is 32.0 Å². The van der Waals surface area contributed by atoms with Crippen molar-refractivity contribution >= 4 is 0 Å². The standard InChI is InChI=1S/C14H25N3O/c1-3-7-17-8-6-16-14(17)10-13(15-2)12-5-4-9-18-11-12/h6,8,12-13,15H,3-5,7,9-11H2,1-2H3. The maximum atomic E-state index is 5.59. The molecule has 1 aliphatic rings. The van der Waals surface area contributed by atoms with E-state index >= 15 is 0 Å². The maximum absolute atomic E-state index is 5.59. The van der Waals surface area contributed by atoms with Gasteiger partial charge in [-0.3, -0.25) is 0 Å². The molecule has 0 radical (unpaired) electrons. The number of hydrogen-bond acceptors (Lipinski definition) is 3. The van der Waals surface area contributed by atoms with Crippen LogP contribution >= 0.6 is 0 Å². The van der Waals surface area contributed by atoms with Gasteiger partial charge in [0.05, 0.1) is 6.61 Å². The molecule has 0 saturated carbocycles. The largest absolute Gasteiger partial charge is 0.381 e. The zero-order valence-corrected chi connectivity index (χ0v) is 11.6. The number of ether oxygens (including phenoxy) is 1. The fraction of sp³-hybridized carbons (Fsp3) is 0.786. The molecule has 4 nitrogen and oxygen atoms in total. The van der Waals surface area contributed by atoms with Gasteiger partial charge in [0, 0.05) is 38.0 Å². The van der Waals surface area contributed by atoms with Crippen LogP contribution in [0.25, 0.3) is 0 Å². The van der Waals surface area contributed by atoms with Crippen LogP contribution in [0.15, 0.2) is 12.4 Å². The maximum Gasteiger partial charge on any atom is 0.110 e. The lowest BCUT2D eigenvalue weighted by atomic mass is 9.91. The Morgan fingerprint density at radius 2 is 2.50 bits per heavy atom. The molecule has 0 aromatic carbocycles. The molecular formula is C14H25N3O. The number of aryl methyl sites for hydroxylation is 1. The molecule has 18 heavy (non-hydrogen) atoms. The Hall–Kier alpha value is -0.870. The lowest BCUT2D eigenvalue weighted by Gasteiger charge is -2.30. The van der Waals surface area contributed by atoms with Crippen molar-refractivity contribution in [2.45, 2.75) is 45.2 Å². The first-order valence-electron chi connectivity index (χ1n) is 7.10. The van der Waals surface area contributed by atoms with Crippen molar-refractivity contribution in [2.75, 3.05) is 20.3 Å². The van der Waals surface area contributed by atoms with Gasteiger partial charge in [-0.2, -0.15) is 0 Å². The highest BCUT2D eigenvalue weighted by molar-refractivity contribution is 4.97. The Labute approximate surface area is 110 Å². The van der Waals surface area contributed by atoms with Crippen molar-refractivity contribution in [1.82, 2.24) is 14.9 Å². The highest BCUT2D eigenvalue weighted by Crippen LogP contribution is 2.20. The van der Waals surface area contributed by atoms with Gasteiger partial charge in [-0.15, -0.1) is 0 Å². The molecule has 1 saturated heterocycles. The van der Waals surface area contributed by atoms with Gasteiger partial charge in [0.15, 0.2) is 0 Å². The predicted octanol–water partition coefficient (Wildman–Crippen LogP) is 1.85. The average Bonchev–Trinajstić information content (AvgIpc) is 2.85. The van der Waals surface area contributed by atoms with Gasteiger partial charge in [0.25, 0.3) is 0 Å². The Morgan fingerprint density at radius 3 is 3.17 bits per heavy atom. The molecule has 2 atom stereocenters. The first kappa shape index (κ1) is 13.6. The van der Waals surface area contributed by atoms with Crippen LogP contribution < -0.4 is 5.32 Å². The molecule has 1 aromatic rings. The van der Waals surface area contributed by atoms with E-state index in [1.54, 1.807) is 0 Å². The summed E-state index contributed by atoms with van der Waals surface area (Å²) in [6.45, 7) is 5.08. The number of hydrogen-bond donors (Lipinski definition) is 1. The molecule has 102 valence electrons. The Balaban J connectivity index is 1.98. The quantitative estimate of drug-likeness (QED) is 0.838. The van der Waals surface area contributed by atoms with E-state index in [0.29, 0.717) is 12.0 Å². The van der Waals surface area contributed by atoms with Gasteiger partial charge in [-0.25, -0.2) is 4.98 Å². The number of nitrogens with zero attached hydrogens (tertiary/aromatic N) is 2. The predicted molar refractivity (Wildman–Crippen MR) is 72.6 cm³/mol. The average molecular weight is 251 g/mol. The van der Waals surface area contributed by atoms with Crippen LogP contribution in [0.3, 0.4) is 0 Å². The monoisotopic (exact) mass is 251 g/mol. The van der Waals surface area contributed by atoms with Crippen molar-refractivity contribution in [3.8, 4) is 0 Å². The fourth-order valence-corrected chi connectivity index (χ4v) is 2.76. The van der Waals surface area contributed by atoms with Crippen LogP contribution in [0.4, 0.5) is 0 Å². The molecule has 1 fully saturated rings. The highest BCUT2D eigenvalue weighted by Gasteiger charge is 2.24. The van der Waals surface area contributed by atoms with Crippen molar-refractivity contribution < 1.29 is 4.74 Å². The first-order chi connectivity index (χ1) is 8.85. The highest BCUT2D eigenvalue weighted by atomic mass is 16.5. The second-order valence-corrected chi connectivity index (χ2v) is 5.11. The molecule has 0 amide bonds. The van der Waals surface area contributed by atoms with Crippen molar-refractivity contribution in [2.24, 2.45) is 5.92 Å². The van der Waals surface area contributed by atoms with Gasteiger partial charge >= 0.3 is 0 Å². The lowest BCUT2D eigenvalue weighted by molar-refractivity contribution is 0.0401. The van der Waals surface area contributed by atoms with E-state index in [4.69, 9.17) is 4.74 Å². The molecule has 1 aliphatic heterocycles. The van der Waals surface area contributed by atoms with Crippen molar-refractivity contribution in [3.63, 3.8) is 0 Å². The van der Waals surface area contributed by atoms with Gasteiger partial charge < -0.3 is 14.6 Å². The minimum atomic E-state index is 0.475. The van der Waals surface area contributed by atoms with Gasteiger partial charge in [0.1, 0.15) is 5.82 Å². The minimum Gasteiger partial charge on any atom is -0.381 e. The zero-order chi connectivity index (χ0) is 12.8. The van der Waals surface area contributed by atoms with Crippen molar-refractivity contribution in [1.29, 1.82) is 0 Å². The third kappa shape index (κ3) is 3.33. The summed E-state index contributed by atoms with van der Waals surface area (Å²) in [7, 11) is 2.05. The Bertz CT molecular complexity index is 345. The SMILES string of the molecule is CCCn1ccnc1CC(NC)C1CCCOC1. The Morgan fingerprint density at radius 1 is 1.61 bits per heavy atom. The van der Waals surface area contributed by atoms with Gasteiger partial charge in [-0.05, 0) is 32.2 Å². The molecular weight excluding hydrogens is 226 g/mol. The molecule has 1 N–H and O–H groups in total. The summed E-state index contributed by atoms with van der Waals surface area (Å²) >= 11 is 0. The number of imidazole rings is 1. The van der Waals surface area contributed by atoms with E-state index in [1.807, 2.05) is 13.2 Å². The molecule has 1 aromatic heterocycles. The van der Waals surface area contributed by atoms with Crippen LogP contribution in [-0.2, 0) is 17.7 Å². The van der Waals surface area contributed by atoms with E-state index in [9.17, 15) is 0 Å². The lowest BCUT2D eigenvalue weighted by Crippen LogP contribution is -2.40. The number of rotatable bonds is 6. The summed E-state index contributed by atoms with van der Waals surface area (Å²) in [5.74, 6) is 1.82. The molecule has 2 heterocycles. The third-order valence-electron chi connectivity index (χ3n) is 3.80. The van der Waals surface area contributed by atoms with Crippen LogP contribution in [0.2, 0.25) is 0 Å². The van der Waals surface area contributed by atoms with Gasteiger partial charge in [-0.1, -0.05) is 6.92 Å². The van der Waals surface area contributed by atoms with Crippen LogP contribution in [0.5, 0.6) is 0 Å². The molecule has 0 spiro atoms. The van der Waals surface area contributed by atoms with E-state index in [-0.39, 0.29) is 0 Å².